The van der Waals surface area contributed by atoms with Crippen LogP contribution in [-0.2, 0) is 4.79 Å². The molecule has 4 aromatic rings. The molecule has 0 atom stereocenters. The number of hydrogen-bond acceptors (Lipinski definition) is 7. The van der Waals surface area contributed by atoms with Crippen LogP contribution in [0.15, 0.2) is 89.1 Å². The van der Waals surface area contributed by atoms with E-state index in [1.54, 1.807) is 20.3 Å². The van der Waals surface area contributed by atoms with Crippen molar-refractivity contribution < 1.29 is 14.3 Å². The molecular weight excluding hydrogens is 486 g/mol. The van der Waals surface area contributed by atoms with E-state index in [0.29, 0.717) is 11.0 Å². The molecule has 0 aliphatic carbocycles. The van der Waals surface area contributed by atoms with Gasteiger partial charge in [0, 0.05) is 23.0 Å². The number of carbonyl (C=O) groups excluding carboxylic acids is 1. The lowest BCUT2D eigenvalue weighted by molar-refractivity contribution is -0.118. The molecule has 0 spiro atoms. The molecule has 0 aliphatic heterocycles. The number of para-hydroxylation sites is 1. The Hall–Kier alpha value is -4.37. The fourth-order valence-corrected chi connectivity index (χ4v) is 4.23. The Kier molecular flexibility index (Phi) is 8.72. The lowest BCUT2D eigenvalue weighted by atomic mass is 10.2. The van der Waals surface area contributed by atoms with Crippen LogP contribution < -0.4 is 14.9 Å². The maximum Gasteiger partial charge on any atom is 0.250 e. The minimum Gasteiger partial charge on any atom is -0.497 e. The first-order valence-electron chi connectivity index (χ1n) is 11.5. The highest BCUT2D eigenvalue weighted by Crippen LogP contribution is 2.29. The number of aryl methyl sites for hydroxylation is 1. The normalized spacial score (nSPS) is 11.2. The summed E-state index contributed by atoms with van der Waals surface area (Å²) in [5.41, 5.74) is 6.40. The quantitative estimate of drug-likeness (QED) is 0.179. The van der Waals surface area contributed by atoms with Gasteiger partial charge in [-0.2, -0.15) is 5.10 Å². The third-order valence-corrected chi connectivity index (χ3v) is 6.30. The molecular formula is C28H27N5O3S. The van der Waals surface area contributed by atoms with Gasteiger partial charge in [-0.3, -0.25) is 9.36 Å². The third kappa shape index (κ3) is 6.65. The van der Waals surface area contributed by atoms with Crippen molar-refractivity contribution in [3.63, 3.8) is 0 Å². The molecule has 0 unspecified atom stereocenters. The first-order valence-corrected chi connectivity index (χ1v) is 12.5. The number of allylic oxidation sites excluding steroid dienone is 1. The molecule has 37 heavy (non-hydrogen) atoms. The van der Waals surface area contributed by atoms with E-state index in [9.17, 15) is 4.79 Å². The average Bonchev–Trinajstić information content (AvgIpc) is 3.36. The molecule has 1 N–H and O–H groups in total. The van der Waals surface area contributed by atoms with Gasteiger partial charge in [0.1, 0.15) is 11.5 Å². The molecule has 0 fully saturated rings. The zero-order valence-electron chi connectivity index (χ0n) is 20.8. The molecule has 0 saturated carbocycles. The highest BCUT2D eigenvalue weighted by atomic mass is 32.2. The van der Waals surface area contributed by atoms with Gasteiger partial charge in [-0.1, -0.05) is 47.7 Å². The summed E-state index contributed by atoms with van der Waals surface area (Å²) < 4.78 is 12.5. The number of rotatable bonds is 10. The van der Waals surface area contributed by atoms with Crippen LogP contribution in [-0.4, -0.2) is 46.9 Å². The molecule has 3 aromatic carbocycles. The number of thioether (sulfide) groups is 1. The maximum atomic E-state index is 12.4. The van der Waals surface area contributed by atoms with E-state index >= 15 is 0 Å². The van der Waals surface area contributed by atoms with Crippen molar-refractivity contribution in [1.29, 1.82) is 0 Å². The summed E-state index contributed by atoms with van der Waals surface area (Å²) in [6.07, 6.45) is 5.11. The standard InChI is InChI=1S/C28H27N5O3S/c1-20-10-14-23(15-11-20)33-27(22-12-16-24(35-2)17-13-22)31-32-28(33)37-19-26(34)30-29-18-6-8-21-7-4-5-9-25(21)36-3/h4-18H,19H2,1-3H3,(H,30,34)/b8-6+,29-18+. The maximum absolute atomic E-state index is 12.4. The number of ether oxygens (including phenoxy) is 2. The van der Waals surface area contributed by atoms with Crippen molar-refractivity contribution in [2.45, 2.75) is 12.1 Å². The predicted octanol–water partition coefficient (Wildman–Crippen LogP) is 5.17. The van der Waals surface area contributed by atoms with Crippen molar-refractivity contribution >= 4 is 30.0 Å². The molecule has 1 heterocycles. The van der Waals surface area contributed by atoms with Crippen LogP contribution in [0, 0.1) is 6.92 Å². The van der Waals surface area contributed by atoms with Gasteiger partial charge in [-0.25, -0.2) is 5.43 Å². The monoisotopic (exact) mass is 513 g/mol. The Morgan fingerprint density at radius 3 is 2.49 bits per heavy atom. The lowest BCUT2D eigenvalue weighted by Gasteiger charge is -2.11. The van der Waals surface area contributed by atoms with E-state index in [4.69, 9.17) is 9.47 Å². The van der Waals surface area contributed by atoms with Crippen LogP contribution in [0.5, 0.6) is 11.5 Å². The van der Waals surface area contributed by atoms with E-state index in [2.05, 4.69) is 20.7 Å². The molecule has 188 valence electrons. The van der Waals surface area contributed by atoms with Crippen LogP contribution in [0.25, 0.3) is 23.2 Å². The Labute approximate surface area is 220 Å². The van der Waals surface area contributed by atoms with E-state index < -0.39 is 0 Å². The SMILES string of the molecule is COc1ccc(-c2nnc(SCC(=O)N/N=C/C=C/c3ccccc3OC)n2-c2ccc(C)cc2)cc1. The molecule has 0 aliphatic rings. The summed E-state index contributed by atoms with van der Waals surface area (Å²) in [5, 5.41) is 13.4. The van der Waals surface area contributed by atoms with Crippen LogP contribution in [0.3, 0.4) is 0 Å². The lowest BCUT2D eigenvalue weighted by Crippen LogP contribution is -2.19. The summed E-state index contributed by atoms with van der Waals surface area (Å²) in [5.74, 6) is 2.07. The number of amides is 1. The second-order valence-corrected chi connectivity index (χ2v) is 8.85. The van der Waals surface area contributed by atoms with Gasteiger partial charge in [0.25, 0.3) is 5.91 Å². The number of nitrogens with one attached hydrogen (secondary N) is 1. The van der Waals surface area contributed by atoms with Gasteiger partial charge in [-0.15, -0.1) is 10.2 Å². The van der Waals surface area contributed by atoms with E-state index in [0.717, 1.165) is 33.9 Å². The Bertz CT molecular complexity index is 1400. The number of methoxy groups -OCH3 is 2. The van der Waals surface area contributed by atoms with Crippen molar-refractivity contribution in [3.8, 4) is 28.6 Å². The van der Waals surface area contributed by atoms with Crippen molar-refractivity contribution in [2.24, 2.45) is 5.10 Å². The van der Waals surface area contributed by atoms with Gasteiger partial charge in [0.05, 0.1) is 20.0 Å². The number of carbonyl (C=O) groups is 1. The average molecular weight is 514 g/mol. The number of benzene rings is 3. The number of hydrazone groups is 1. The third-order valence-electron chi connectivity index (χ3n) is 5.37. The topological polar surface area (TPSA) is 90.6 Å². The minimum atomic E-state index is -0.253. The fourth-order valence-electron chi connectivity index (χ4n) is 3.48. The summed E-state index contributed by atoms with van der Waals surface area (Å²) in [7, 11) is 3.25. The van der Waals surface area contributed by atoms with Crippen LogP contribution in [0.4, 0.5) is 0 Å². The predicted molar refractivity (Wildman–Crippen MR) is 147 cm³/mol. The molecule has 9 heteroatoms. The molecule has 1 aromatic heterocycles. The van der Waals surface area contributed by atoms with Gasteiger partial charge < -0.3 is 9.47 Å². The highest BCUT2D eigenvalue weighted by Gasteiger charge is 2.17. The minimum absolute atomic E-state index is 0.125. The summed E-state index contributed by atoms with van der Waals surface area (Å²) in [6, 6.07) is 23.3. The van der Waals surface area contributed by atoms with Gasteiger partial charge in [0.2, 0.25) is 0 Å². The number of hydrogen-bond donors (Lipinski definition) is 1. The molecule has 4 rings (SSSR count). The Balaban J connectivity index is 1.44. The second kappa shape index (κ2) is 12.5. The molecule has 0 bridgehead atoms. The van der Waals surface area contributed by atoms with Crippen LogP contribution in [0.2, 0.25) is 0 Å². The fraction of sp³-hybridized carbons (Fsp3) is 0.143. The van der Waals surface area contributed by atoms with Crippen molar-refractivity contribution in [1.82, 2.24) is 20.2 Å². The molecule has 0 saturated heterocycles. The smallest absolute Gasteiger partial charge is 0.250 e. The van der Waals surface area contributed by atoms with E-state index in [1.165, 1.54) is 18.0 Å². The highest BCUT2D eigenvalue weighted by molar-refractivity contribution is 7.99. The first-order chi connectivity index (χ1) is 18.1. The number of nitrogens with zero attached hydrogens (tertiary/aromatic N) is 4. The van der Waals surface area contributed by atoms with Gasteiger partial charge in [0.15, 0.2) is 11.0 Å². The first kappa shape index (κ1) is 25.7. The summed E-state index contributed by atoms with van der Waals surface area (Å²) in [4.78, 5) is 12.4. The summed E-state index contributed by atoms with van der Waals surface area (Å²) >= 11 is 1.29. The van der Waals surface area contributed by atoms with Crippen molar-refractivity contribution in [2.75, 3.05) is 20.0 Å². The Morgan fingerprint density at radius 2 is 1.76 bits per heavy atom. The largest absolute Gasteiger partial charge is 0.497 e. The van der Waals surface area contributed by atoms with Crippen molar-refractivity contribution in [3.05, 3.63) is 90.0 Å². The van der Waals surface area contributed by atoms with Gasteiger partial charge in [-0.05, 0) is 61.5 Å². The zero-order chi connectivity index (χ0) is 26.0. The zero-order valence-corrected chi connectivity index (χ0v) is 21.6. The second-order valence-electron chi connectivity index (χ2n) is 7.91. The van der Waals surface area contributed by atoms with E-state index in [-0.39, 0.29) is 11.7 Å². The van der Waals surface area contributed by atoms with E-state index in [1.807, 2.05) is 90.4 Å². The van der Waals surface area contributed by atoms with Gasteiger partial charge >= 0.3 is 0 Å². The molecule has 8 nitrogen and oxygen atoms in total. The van der Waals surface area contributed by atoms with Crippen LogP contribution in [0.1, 0.15) is 11.1 Å². The molecule has 0 radical (unpaired) electrons. The van der Waals surface area contributed by atoms with Crippen LogP contribution >= 0.6 is 11.8 Å². The Morgan fingerprint density at radius 1 is 1.00 bits per heavy atom. The summed E-state index contributed by atoms with van der Waals surface area (Å²) in [6.45, 7) is 2.03. The molecule has 1 amide bonds. The number of aromatic nitrogens is 3.